The summed E-state index contributed by atoms with van der Waals surface area (Å²) in [6.07, 6.45) is 3.83. The van der Waals surface area contributed by atoms with E-state index >= 15 is 0 Å². The minimum Gasteiger partial charge on any atom is -0.462 e. The highest BCUT2D eigenvalue weighted by Crippen LogP contribution is 2.27. The standard InChI is InChI=1S/C18H23NO7/c1-3-5-11-24-17(20)13-16(18(21)25-12-6-4-2)26-15-10-8-7-9-14(15)19(22)23/h7-10,13H,3-6,11-12H2,1-2H3/b16-13-. The van der Waals surface area contributed by atoms with Crippen LogP contribution in [0, 0.1) is 10.1 Å². The van der Waals surface area contributed by atoms with Crippen molar-refractivity contribution in [1.82, 2.24) is 0 Å². The molecule has 8 heteroatoms. The molecule has 0 aromatic heterocycles. The van der Waals surface area contributed by atoms with Crippen molar-refractivity contribution in [2.45, 2.75) is 39.5 Å². The summed E-state index contributed by atoms with van der Waals surface area (Å²) in [6.45, 7) is 4.23. The zero-order chi connectivity index (χ0) is 19.4. The van der Waals surface area contributed by atoms with E-state index in [-0.39, 0.29) is 24.7 Å². The fourth-order valence-electron chi connectivity index (χ4n) is 1.79. The molecule has 0 spiro atoms. The number of nitrogens with zero attached hydrogens (tertiary/aromatic N) is 1. The minimum absolute atomic E-state index is 0.151. The number of para-hydroxylation sites is 2. The molecule has 0 bridgehead atoms. The van der Waals surface area contributed by atoms with E-state index in [1.807, 2.05) is 13.8 Å². The molecular weight excluding hydrogens is 342 g/mol. The van der Waals surface area contributed by atoms with E-state index in [2.05, 4.69) is 0 Å². The number of esters is 2. The van der Waals surface area contributed by atoms with Gasteiger partial charge in [-0.3, -0.25) is 10.1 Å². The van der Waals surface area contributed by atoms with Crippen LogP contribution in [0.4, 0.5) is 5.69 Å². The zero-order valence-electron chi connectivity index (χ0n) is 14.9. The summed E-state index contributed by atoms with van der Waals surface area (Å²) in [4.78, 5) is 34.5. The number of ether oxygens (including phenoxy) is 3. The van der Waals surface area contributed by atoms with Crippen molar-refractivity contribution >= 4 is 17.6 Å². The molecule has 1 aromatic rings. The Hall–Kier alpha value is -2.90. The second kappa shape index (κ2) is 11.6. The van der Waals surface area contributed by atoms with Gasteiger partial charge in [0.2, 0.25) is 11.5 Å². The summed E-state index contributed by atoms with van der Waals surface area (Å²) in [7, 11) is 0. The molecule has 0 radical (unpaired) electrons. The lowest BCUT2D eigenvalue weighted by Gasteiger charge is -2.10. The Labute approximate surface area is 151 Å². The lowest BCUT2D eigenvalue weighted by molar-refractivity contribution is -0.385. The molecule has 0 fully saturated rings. The topological polar surface area (TPSA) is 105 Å². The van der Waals surface area contributed by atoms with E-state index in [4.69, 9.17) is 14.2 Å². The van der Waals surface area contributed by atoms with Gasteiger partial charge in [-0.15, -0.1) is 0 Å². The molecule has 0 amide bonds. The van der Waals surface area contributed by atoms with Crippen molar-refractivity contribution < 1.29 is 28.7 Å². The van der Waals surface area contributed by atoms with Crippen molar-refractivity contribution in [2.75, 3.05) is 13.2 Å². The van der Waals surface area contributed by atoms with Gasteiger partial charge in [-0.05, 0) is 18.9 Å². The quantitative estimate of drug-likeness (QED) is 0.147. The van der Waals surface area contributed by atoms with Crippen LogP contribution in [0.25, 0.3) is 0 Å². The summed E-state index contributed by atoms with van der Waals surface area (Å²) in [5.41, 5.74) is -0.334. The molecule has 8 nitrogen and oxygen atoms in total. The second-order valence-corrected chi connectivity index (χ2v) is 5.35. The van der Waals surface area contributed by atoms with Gasteiger partial charge in [0, 0.05) is 6.07 Å². The maximum Gasteiger partial charge on any atom is 0.374 e. The molecule has 0 saturated heterocycles. The molecule has 1 rings (SSSR count). The number of carbonyl (C=O) groups is 2. The third-order valence-corrected chi connectivity index (χ3v) is 3.21. The first-order valence-corrected chi connectivity index (χ1v) is 8.46. The van der Waals surface area contributed by atoms with Crippen LogP contribution < -0.4 is 4.74 Å². The van der Waals surface area contributed by atoms with Crippen molar-refractivity contribution in [3.05, 3.63) is 46.2 Å². The molecule has 0 saturated carbocycles. The Morgan fingerprint density at radius 2 is 1.69 bits per heavy atom. The summed E-state index contributed by atoms with van der Waals surface area (Å²) < 4.78 is 15.3. The van der Waals surface area contributed by atoms with E-state index in [9.17, 15) is 19.7 Å². The van der Waals surface area contributed by atoms with Gasteiger partial charge in [0.05, 0.1) is 24.2 Å². The number of benzene rings is 1. The lowest BCUT2D eigenvalue weighted by atomic mass is 10.3. The largest absolute Gasteiger partial charge is 0.462 e. The highest BCUT2D eigenvalue weighted by Gasteiger charge is 2.21. The molecule has 0 heterocycles. The molecule has 0 aliphatic rings. The highest BCUT2D eigenvalue weighted by atomic mass is 16.6. The number of nitro groups is 1. The van der Waals surface area contributed by atoms with Crippen LogP contribution in [-0.2, 0) is 19.1 Å². The first-order valence-electron chi connectivity index (χ1n) is 8.46. The van der Waals surface area contributed by atoms with Crippen molar-refractivity contribution in [3.8, 4) is 5.75 Å². The van der Waals surface area contributed by atoms with E-state index < -0.39 is 22.6 Å². The number of unbranched alkanes of at least 4 members (excludes halogenated alkanes) is 2. The monoisotopic (exact) mass is 365 g/mol. The van der Waals surface area contributed by atoms with Gasteiger partial charge in [0.15, 0.2) is 0 Å². The van der Waals surface area contributed by atoms with Crippen LogP contribution >= 0.6 is 0 Å². The van der Waals surface area contributed by atoms with Gasteiger partial charge in [0.1, 0.15) is 0 Å². The smallest absolute Gasteiger partial charge is 0.374 e. The lowest BCUT2D eigenvalue weighted by Crippen LogP contribution is -2.16. The molecule has 0 aliphatic carbocycles. The van der Waals surface area contributed by atoms with Crippen LogP contribution in [0.1, 0.15) is 39.5 Å². The zero-order valence-corrected chi connectivity index (χ0v) is 14.9. The summed E-state index contributed by atoms with van der Waals surface area (Å²) in [5.74, 6) is -2.29. The molecular formula is C18H23NO7. The van der Waals surface area contributed by atoms with Gasteiger partial charge in [0.25, 0.3) is 0 Å². The van der Waals surface area contributed by atoms with E-state index in [0.717, 1.165) is 18.9 Å². The van der Waals surface area contributed by atoms with Crippen LogP contribution in [-0.4, -0.2) is 30.1 Å². The number of hydrogen-bond acceptors (Lipinski definition) is 7. The predicted molar refractivity (Wildman–Crippen MR) is 93.5 cm³/mol. The maximum absolute atomic E-state index is 12.2. The maximum atomic E-state index is 12.2. The summed E-state index contributed by atoms with van der Waals surface area (Å²) >= 11 is 0. The average Bonchev–Trinajstić information content (AvgIpc) is 2.61. The minimum atomic E-state index is -0.885. The Balaban J connectivity index is 2.98. The molecule has 0 N–H and O–H groups in total. The molecule has 0 aliphatic heterocycles. The Morgan fingerprint density at radius 3 is 2.31 bits per heavy atom. The average molecular weight is 365 g/mol. The highest BCUT2D eigenvalue weighted by molar-refractivity contribution is 5.95. The molecule has 0 unspecified atom stereocenters. The van der Waals surface area contributed by atoms with Crippen LogP contribution in [0.2, 0.25) is 0 Å². The van der Waals surface area contributed by atoms with Gasteiger partial charge in [-0.25, -0.2) is 9.59 Å². The number of carbonyl (C=O) groups excluding carboxylic acids is 2. The molecule has 26 heavy (non-hydrogen) atoms. The summed E-state index contributed by atoms with van der Waals surface area (Å²) in [5, 5.41) is 11.1. The van der Waals surface area contributed by atoms with Gasteiger partial charge in [-0.1, -0.05) is 38.8 Å². The van der Waals surface area contributed by atoms with Crippen LogP contribution in [0.5, 0.6) is 5.75 Å². The third-order valence-electron chi connectivity index (χ3n) is 3.21. The Bertz CT molecular complexity index is 655. The van der Waals surface area contributed by atoms with Crippen LogP contribution in [0.15, 0.2) is 36.1 Å². The first-order chi connectivity index (χ1) is 12.5. The van der Waals surface area contributed by atoms with Crippen molar-refractivity contribution in [2.24, 2.45) is 0 Å². The molecule has 1 aromatic carbocycles. The van der Waals surface area contributed by atoms with Gasteiger partial charge >= 0.3 is 17.6 Å². The van der Waals surface area contributed by atoms with E-state index in [1.54, 1.807) is 0 Å². The van der Waals surface area contributed by atoms with E-state index in [0.29, 0.717) is 12.8 Å². The van der Waals surface area contributed by atoms with E-state index in [1.165, 1.54) is 24.3 Å². The number of hydrogen-bond donors (Lipinski definition) is 0. The van der Waals surface area contributed by atoms with Crippen molar-refractivity contribution in [1.29, 1.82) is 0 Å². The number of nitro benzene ring substituents is 1. The first kappa shape index (κ1) is 21.1. The normalized spacial score (nSPS) is 10.9. The summed E-state index contributed by atoms with van der Waals surface area (Å²) in [6, 6.07) is 5.54. The fraction of sp³-hybridized carbons (Fsp3) is 0.444. The Morgan fingerprint density at radius 1 is 1.08 bits per heavy atom. The second-order valence-electron chi connectivity index (χ2n) is 5.35. The van der Waals surface area contributed by atoms with Crippen molar-refractivity contribution in [3.63, 3.8) is 0 Å². The number of rotatable bonds is 11. The third kappa shape index (κ3) is 7.33. The van der Waals surface area contributed by atoms with Crippen LogP contribution in [0.3, 0.4) is 0 Å². The van der Waals surface area contributed by atoms with Gasteiger partial charge in [-0.2, -0.15) is 0 Å². The molecule has 142 valence electrons. The molecule has 0 atom stereocenters. The fourth-order valence-corrected chi connectivity index (χ4v) is 1.79. The Kier molecular flexibility index (Phi) is 9.45. The SMILES string of the molecule is CCCCOC(=O)/C=C(\Oc1ccccc1[N+](=O)[O-])C(=O)OCCCC. The van der Waals surface area contributed by atoms with Gasteiger partial charge < -0.3 is 14.2 Å². The predicted octanol–water partition coefficient (Wildman–Crippen LogP) is 3.54.